The van der Waals surface area contributed by atoms with Crippen molar-refractivity contribution in [2.45, 2.75) is 19.8 Å². The number of aryl methyl sites for hydroxylation is 2. The molecule has 0 aliphatic heterocycles. The number of aromatic nitrogens is 2. The number of rotatable bonds is 4. The summed E-state index contributed by atoms with van der Waals surface area (Å²) in [6.07, 6.45) is 0.601. The van der Waals surface area contributed by atoms with Crippen molar-refractivity contribution in [2.24, 2.45) is 0 Å². The summed E-state index contributed by atoms with van der Waals surface area (Å²) in [4.78, 5) is 10.5. The zero-order valence-corrected chi connectivity index (χ0v) is 9.60. The average molecular weight is 230 g/mol. The molecule has 1 aromatic carbocycles. The van der Waals surface area contributed by atoms with Crippen LogP contribution in [0.3, 0.4) is 0 Å². The van der Waals surface area contributed by atoms with Crippen LogP contribution in [0, 0.1) is 6.92 Å². The van der Waals surface area contributed by atoms with Crippen molar-refractivity contribution >= 4 is 5.97 Å². The molecule has 0 aliphatic carbocycles. The molecule has 0 aliphatic rings. The van der Waals surface area contributed by atoms with Gasteiger partial charge in [-0.05, 0) is 19.4 Å². The van der Waals surface area contributed by atoms with Gasteiger partial charge >= 0.3 is 5.97 Å². The van der Waals surface area contributed by atoms with Crippen molar-refractivity contribution in [3.8, 4) is 11.3 Å². The molecule has 0 unspecified atom stereocenters. The Kier molecular flexibility index (Phi) is 3.23. The van der Waals surface area contributed by atoms with E-state index in [9.17, 15) is 4.79 Å². The highest BCUT2D eigenvalue weighted by Gasteiger charge is 2.05. The summed E-state index contributed by atoms with van der Waals surface area (Å²) >= 11 is 0. The number of aliphatic carboxylic acids is 1. The lowest BCUT2D eigenvalue weighted by Crippen LogP contribution is -1.97. The number of hydrogen-bond donors (Lipinski definition) is 2. The van der Waals surface area contributed by atoms with E-state index in [0.29, 0.717) is 6.42 Å². The molecule has 0 fully saturated rings. The number of benzene rings is 1. The van der Waals surface area contributed by atoms with Crippen molar-refractivity contribution in [1.29, 1.82) is 0 Å². The molecule has 2 rings (SSSR count). The molecule has 0 saturated carbocycles. The SMILES string of the molecule is Cc1ccc(-c2cc(CCC(=O)O)[nH]n2)cc1. The molecule has 4 nitrogen and oxygen atoms in total. The quantitative estimate of drug-likeness (QED) is 0.847. The first kappa shape index (κ1) is 11.4. The van der Waals surface area contributed by atoms with E-state index in [2.05, 4.69) is 10.2 Å². The van der Waals surface area contributed by atoms with Crippen molar-refractivity contribution in [2.75, 3.05) is 0 Å². The highest BCUT2D eigenvalue weighted by molar-refractivity contribution is 5.67. The summed E-state index contributed by atoms with van der Waals surface area (Å²) in [5.41, 5.74) is 3.94. The van der Waals surface area contributed by atoms with Gasteiger partial charge in [0.15, 0.2) is 0 Å². The van der Waals surface area contributed by atoms with Crippen molar-refractivity contribution in [3.63, 3.8) is 0 Å². The lowest BCUT2D eigenvalue weighted by atomic mass is 10.1. The molecular formula is C13H14N2O2. The predicted octanol–water partition coefficient (Wildman–Crippen LogP) is 2.40. The number of nitrogens with zero attached hydrogens (tertiary/aromatic N) is 1. The van der Waals surface area contributed by atoms with Crippen LogP contribution in [0.4, 0.5) is 0 Å². The van der Waals surface area contributed by atoms with Gasteiger partial charge in [0.2, 0.25) is 0 Å². The van der Waals surface area contributed by atoms with Gasteiger partial charge in [-0.2, -0.15) is 5.10 Å². The maximum atomic E-state index is 10.5. The van der Waals surface area contributed by atoms with Crippen LogP contribution in [0.15, 0.2) is 30.3 Å². The number of aromatic amines is 1. The Morgan fingerprint density at radius 1 is 1.35 bits per heavy atom. The first-order valence-corrected chi connectivity index (χ1v) is 5.48. The highest BCUT2D eigenvalue weighted by Crippen LogP contribution is 2.18. The number of carbonyl (C=O) groups is 1. The lowest BCUT2D eigenvalue weighted by Gasteiger charge is -1.96. The van der Waals surface area contributed by atoms with Crippen molar-refractivity contribution in [3.05, 3.63) is 41.6 Å². The summed E-state index contributed by atoms with van der Waals surface area (Å²) in [6.45, 7) is 2.03. The average Bonchev–Trinajstić information content (AvgIpc) is 2.76. The number of carboxylic acid groups (broad SMARTS) is 1. The summed E-state index contributed by atoms with van der Waals surface area (Å²) in [7, 11) is 0. The highest BCUT2D eigenvalue weighted by atomic mass is 16.4. The van der Waals surface area contributed by atoms with E-state index < -0.39 is 5.97 Å². The van der Waals surface area contributed by atoms with Gasteiger partial charge in [0.05, 0.1) is 12.1 Å². The van der Waals surface area contributed by atoms with Gasteiger partial charge in [-0.3, -0.25) is 9.89 Å². The zero-order valence-electron chi connectivity index (χ0n) is 9.60. The molecule has 0 atom stereocenters. The summed E-state index contributed by atoms with van der Waals surface area (Å²) < 4.78 is 0. The monoisotopic (exact) mass is 230 g/mol. The Labute approximate surface area is 99.3 Å². The molecule has 0 spiro atoms. The van der Waals surface area contributed by atoms with Gasteiger partial charge in [0, 0.05) is 11.3 Å². The molecule has 1 aromatic heterocycles. The van der Waals surface area contributed by atoms with E-state index in [4.69, 9.17) is 5.11 Å². The molecule has 17 heavy (non-hydrogen) atoms. The molecule has 4 heteroatoms. The van der Waals surface area contributed by atoms with Crippen LogP contribution in [0.5, 0.6) is 0 Å². The maximum Gasteiger partial charge on any atom is 0.303 e. The number of hydrogen-bond acceptors (Lipinski definition) is 2. The second-order valence-corrected chi connectivity index (χ2v) is 4.04. The van der Waals surface area contributed by atoms with Crippen LogP contribution in [-0.4, -0.2) is 21.3 Å². The first-order valence-electron chi connectivity index (χ1n) is 5.48. The number of H-pyrrole nitrogens is 1. The van der Waals surface area contributed by atoms with Crippen LogP contribution in [0.1, 0.15) is 17.7 Å². The Morgan fingerprint density at radius 3 is 2.71 bits per heavy atom. The largest absolute Gasteiger partial charge is 0.481 e. The normalized spacial score (nSPS) is 10.4. The minimum absolute atomic E-state index is 0.121. The second kappa shape index (κ2) is 4.82. The molecule has 88 valence electrons. The third kappa shape index (κ3) is 2.93. The van der Waals surface area contributed by atoms with Gasteiger partial charge in [-0.15, -0.1) is 0 Å². The van der Waals surface area contributed by atoms with E-state index in [1.165, 1.54) is 5.56 Å². The first-order chi connectivity index (χ1) is 8.15. The predicted molar refractivity (Wildman–Crippen MR) is 64.7 cm³/mol. The standard InChI is InChI=1S/C13H14N2O2/c1-9-2-4-10(5-3-9)12-8-11(14-15-12)6-7-13(16)17/h2-5,8H,6-7H2,1H3,(H,14,15)(H,16,17). The third-order valence-corrected chi connectivity index (χ3v) is 2.59. The van der Waals surface area contributed by atoms with Crippen molar-refractivity contribution in [1.82, 2.24) is 10.2 Å². The molecule has 0 saturated heterocycles. The Morgan fingerprint density at radius 2 is 2.06 bits per heavy atom. The van der Waals surface area contributed by atoms with Crippen LogP contribution in [-0.2, 0) is 11.2 Å². The third-order valence-electron chi connectivity index (χ3n) is 2.59. The number of carboxylic acids is 1. The second-order valence-electron chi connectivity index (χ2n) is 4.04. The van der Waals surface area contributed by atoms with Gasteiger partial charge in [0.25, 0.3) is 0 Å². The molecule has 0 bridgehead atoms. The molecule has 2 N–H and O–H groups in total. The molecule has 0 radical (unpaired) electrons. The fraction of sp³-hybridized carbons (Fsp3) is 0.231. The molecular weight excluding hydrogens is 216 g/mol. The zero-order chi connectivity index (χ0) is 12.3. The van der Waals surface area contributed by atoms with E-state index >= 15 is 0 Å². The Bertz CT molecular complexity index is 514. The minimum atomic E-state index is -0.795. The molecule has 0 amide bonds. The smallest absolute Gasteiger partial charge is 0.303 e. The van der Waals surface area contributed by atoms with Gasteiger partial charge in [-0.1, -0.05) is 29.8 Å². The van der Waals surface area contributed by atoms with Gasteiger partial charge < -0.3 is 5.11 Å². The lowest BCUT2D eigenvalue weighted by molar-refractivity contribution is -0.136. The van der Waals surface area contributed by atoms with E-state index in [0.717, 1.165) is 17.0 Å². The van der Waals surface area contributed by atoms with Crippen LogP contribution < -0.4 is 0 Å². The van der Waals surface area contributed by atoms with E-state index in [-0.39, 0.29) is 6.42 Å². The fourth-order valence-electron chi connectivity index (χ4n) is 1.60. The Hall–Kier alpha value is -2.10. The van der Waals surface area contributed by atoms with Crippen LogP contribution in [0.2, 0.25) is 0 Å². The molecule has 1 heterocycles. The minimum Gasteiger partial charge on any atom is -0.481 e. The van der Waals surface area contributed by atoms with E-state index in [1.54, 1.807) is 0 Å². The summed E-state index contributed by atoms with van der Waals surface area (Å²) in [5.74, 6) is -0.795. The summed E-state index contributed by atoms with van der Waals surface area (Å²) in [6, 6.07) is 9.97. The van der Waals surface area contributed by atoms with Gasteiger partial charge in [0.1, 0.15) is 0 Å². The summed E-state index contributed by atoms with van der Waals surface area (Å²) in [5, 5.41) is 15.6. The fourth-order valence-corrected chi connectivity index (χ4v) is 1.60. The number of nitrogens with one attached hydrogen (secondary N) is 1. The van der Waals surface area contributed by atoms with Crippen LogP contribution in [0.25, 0.3) is 11.3 Å². The van der Waals surface area contributed by atoms with E-state index in [1.807, 2.05) is 37.3 Å². The van der Waals surface area contributed by atoms with Crippen molar-refractivity contribution < 1.29 is 9.90 Å². The molecule has 2 aromatic rings. The Balaban J connectivity index is 2.12. The topological polar surface area (TPSA) is 66.0 Å². The van der Waals surface area contributed by atoms with Crippen LogP contribution >= 0.6 is 0 Å². The maximum absolute atomic E-state index is 10.5. The van der Waals surface area contributed by atoms with Gasteiger partial charge in [-0.25, -0.2) is 0 Å².